The van der Waals surface area contributed by atoms with Crippen LogP contribution in [0, 0.1) is 10.7 Å². The molecule has 0 amide bonds. The standard InChI is InChI=1S/C7H4FNO2/c8-6-2-1-5(4-10)7(3-6)9-11/h1-4H. The monoisotopic (exact) mass is 153 g/mol. The molecule has 0 aliphatic rings. The van der Waals surface area contributed by atoms with E-state index in [0.29, 0.717) is 6.29 Å². The SMILES string of the molecule is O=Cc1ccc(F)cc1N=O. The van der Waals surface area contributed by atoms with Crippen LogP contribution in [-0.4, -0.2) is 6.29 Å². The van der Waals surface area contributed by atoms with Gasteiger partial charge in [0.15, 0.2) is 6.29 Å². The zero-order valence-corrected chi connectivity index (χ0v) is 5.45. The van der Waals surface area contributed by atoms with Gasteiger partial charge in [0.05, 0.1) is 0 Å². The first-order chi connectivity index (χ1) is 5.27. The highest BCUT2D eigenvalue weighted by Crippen LogP contribution is 2.17. The topological polar surface area (TPSA) is 46.5 Å². The lowest BCUT2D eigenvalue weighted by Crippen LogP contribution is -1.81. The van der Waals surface area contributed by atoms with E-state index >= 15 is 0 Å². The summed E-state index contributed by atoms with van der Waals surface area (Å²) in [7, 11) is 0. The second-order valence-corrected chi connectivity index (χ2v) is 1.91. The first-order valence-corrected chi connectivity index (χ1v) is 2.86. The van der Waals surface area contributed by atoms with Crippen molar-refractivity contribution in [2.75, 3.05) is 0 Å². The summed E-state index contributed by atoms with van der Waals surface area (Å²) in [5.41, 5.74) is -0.0681. The first-order valence-electron chi connectivity index (χ1n) is 2.86. The second kappa shape index (κ2) is 3.01. The number of carbonyl (C=O) groups is 1. The number of benzene rings is 1. The molecule has 0 aromatic heterocycles. The van der Waals surface area contributed by atoms with Crippen LogP contribution in [0.2, 0.25) is 0 Å². The van der Waals surface area contributed by atoms with E-state index in [2.05, 4.69) is 5.18 Å². The molecule has 1 rings (SSSR count). The highest BCUT2D eigenvalue weighted by Gasteiger charge is 2.01. The van der Waals surface area contributed by atoms with E-state index in [0.717, 1.165) is 12.1 Å². The lowest BCUT2D eigenvalue weighted by Gasteiger charge is -1.92. The van der Waals surface area contributed by atoms with E-state index in [1.165, 1.54) is 6.07 Å². The van der Waals surface area contributed by atoms with E-state index in [4.69, 9.17) is 0 Å². The van der Waals surface area contributed by atoms with Crippen molar-refractivity contribution in [1.82, 2.24) is 0 Å². The Morgan fingerprint density at radius 2 is 2.18 bits per heavy atom. The molecular weight excluding hydrogens is 149 g/mol. The minimum Gasteiger partial charge on any atom is -0.298 e. The van der Waals surface area contributed by atoms with Crippen molar-refractivity contribution in [3.8, 4) is 0 Å². The molecule has 0 heterocycles. The maximum atomic E-state index is 12.4. The number of carbonyl (C=O) groups excluding carboxylic acids is 1. The summed E-state index contributed by atoms with van der Waals surface area (Å²) in [6.07, 6.45) is 0.455. The zero-order chi connectivity index (χ0) is 8.27. The molecule has 0 unspecified atom stereocenters. The third-order valence-corrected chi connectivity index (χ3v) is 1.22. The molecular formula is C7H4FNO2. The van der Waals surface area contributed by atoms with Gasteiger partial charge in [-0.15, -0.1) is 4.91 Å². The van der Waals surface area contributed by atoms with Crippen LogP contribution in [0.15, 0.2) is 23.4 Å². The summed E-state index contributed by atoms with van der Waals surface area (Å²) in [6, 6.07) is 3.22. The molecule has 11 heavy (non-hydrogen) atoms. The van der Waals surface area contributed by atoms with Gasteiger partial charge in [-0.1, -0.05) is 0 Å². The Labute approximate surface area is 61.8 Å². The second-order valence-electron chi connectivity index (χ2n) is 1.91. The normalized spacial score (nSPS) is 9.18. The van der Waals surface area contributed by atoms with Crippen LogP contribution < -0.4 is 0 Å². The van der Waals surface area contributed by atoms with Gasteiger partial charge in [-0.3, -0.25) is 4.79 Å². The Morgan fingerprint density at radius 3 is 2.73 bits per heavy atom. The van der Waals surface area contributed by atoms with Gasteiger partial charge in [0.1, 0.15) is 11.5 Å². The molecule has 0 N–H and O–H groups in total. The lowest BCUT2D eigenvalue weighted by atomic mass is 10.2. The van der Waals surface area contributed by atoms with E-state index in [-0.39, 0.29) is 11.3 Å². The number of nitroso groups, excluding NO2 is 1. The number of rotatable bonds is 2. The molecule has 0 saturated carbocycles. The van der Waals surface area contributed by atoms with Crippen LogP contribution >= 0.6 is 0 Å². The lowest BCUT2D eigenvalue weighted by molar-refractivity contribution is 0.112. The van der Waals surface area contributed by atoms with Crippen molar-refractivity contribution >= 4 is 12.0 Å². The van der Waals surface area contributed by atoms with Gasteiger partial charge in [-0.05, 0) is 17.3 Å². The number of nitrogens with zero attached hydrogens (tertiary/aromatic N) is 1. The predicted molar refractivity (Wildman–Crippen MR) is 37.2 cm³/mol. The molecule has 0 aliphatic carbocycles. The third kappa shape index (κ3) is 1.46. The zero-order valence-electron chi connectivity index (χ0n) is 5.45. The number of hydrogen-bond acceptors (Lipinski definition) is 3. The van der Waals surface area contributed by atoms with Gasteiger partial charge >= 0.3 is 0 Å². The molecule has 0 radical (unpaired) electrons. The Bertz CT molecular complexity index is 298. The van der Waals surface area contributed by atoms with E-state index < -0.39 is 5.82 Å². The van der Waals surface area contributed by atoms with Crippen molar-refractivity contribution < 1.29 is 9.18 Å². The van der Waals surface area contributed by atoms with Gasteiger partial charge in [0.25, 0.3) is 0 Å². The van der Waals surface area contributed by atoms with Crippen molar-refractivity contribution in [1.29, 1.82) is 0 Å². The van der Waals surface area contributed by atoms with Crippen LogP contribution in [-0.2, 0) is 0 Å². The molecule has 0 fully saturated rings. The molecule has 0 bridgehead atoms. The fourth-order valence-corrected chi connectivity index (χ4v) is 0.696. The summed E-state index contributed by atoms with van der Waals surface area (Å²) in [5.74, 6) is -0.579. The summed E-state index contributed by atoms with van der Waals surface area (Å²) < 4.78 is 12.4. The van der Waals surface area contributed by atoms with Gasteiger partial charge in [0, 0.05) is 11.6 Å². The minimum absolute atomic E-state index is 0.0985. The van der Waals surface area contributed by atoms with Crippen LogP contribution in [0.1, 0.15) is 10.4 Å². The van der Waals surface area contributed by atoms with Gasteiger partial charge in [-0.25, -0.2) is 4.39 Å². The average molecular weight is 153 g/mol. The molecule has 1 aromatic rings. The summed E-state index contributed by atoms with van der Waals surface area (Å²) in [5, 5.41) is 2.48. The fourth-order valence-electron chi connectivity index (χ4n) is 0.696. The summed E-state index contributed by atoms with van der Waals surface area (Å²) >= 11 is 0. The number of halogens is 1. The molecule has 4 heteroatoms. The van der Waals surface area contributed by atoms with Crippen molar-refractivity contribution in [2.24, 2.45) is 5.18 Å². The molecule has 0 aliphatic heterocycles. The van der Waals surface area contributed by atoms with Crippen LogP contribution in [0.25, 0.3) is 0 Å². The van der Waals surface area contributed by atoms with Gasteiger partial charge in [-0.2, -0.15) is 0 Å². The van der Waals surface area contributed by atoms with Crippen molar-refractivity contribution in [3.63, 3.8) is 0 Å². The van der Waals surface area contributed by atoms with Crippen LogP contribution in [0.4, 0.5) is 10.1 Å². The average Bonchev–Trinajstić information content (AvgIpc) is 2.04. The molecule has 0 spiro atoms. The third-order valence-electron chi connectivity index (χ3n) is 1.22. The molecule has 0 atom stereocenters. The van der Waals surface area contributed by atoms with Crippen LogP contribution in [0.5, 0.6) is 0 Å². The molecule has 3 nitrogen and oxygen atoms in total. The van der Waals surface area contributed by atoms with Gasteiger partial charge in [0.2, 0.25) is 0 Å². The summed E-state index contributed by atoms with van der Waals surface area (Å²) in [6.45, 7) is 0. The quantitative estimate of drug-likeness (QED) is 0.482. The Morgan fingerprint density at radius 1 is 1.45 bits per heavy atom. The minimum atomic E-state index is -0.579. The highest BCUT2D eigenvalue weighted by molar-refractivity contribution is 5.82. The van der Waals surface area contributed by atoms with Gasteiger partial charge < -0.3 is 0 Å². The fraction of sp³-hybridized carbons (Fsp3) is 0. The largest absolute Gasteiger partial charge is 0.298 e. The molecule has 1 aromatic carbocycles. The highest BCUT2D eigenvalue weighted by atomic mass is 19.1. The Hall–Kier alpha value is -1.58. The maximum absolute atomic E-state index is 12.4. The van der Waals surface area contributed by atoms with Crippen LogP contribution in [0.3, 0.4) is 0 Å². The predicted octanol–water partition coefficient (Wildman–Crippen LogP) is 2.04. The number of hydrogen-bond donors (Lipinski definition) is 0. The number of aldehydes is 1. The van der Waals surface area contributed by atoms with Crippen molar-refractivity contribution in [3.05, 3.63) is 34.5 Å². The Balaban J connectivity index is 3.26. The smallest absolute Gasteiger partial charge is 0.152 e. The molecule has 56 valence electrons. The van der Waals surface area contributed by atoms with E-state index in [1.807, 2.05) is 0 Å². The molecule has 0 saturated heterocycles. The Kier molecular flexibility index (Phi) is 2.06. The van der Waals surface area contributed by atoms with E-state index in [1.54, 1.807) is 0 Å². The van der Waals surface area contributed by atoms with E-state index in [9.17, 15) is 14.1 Å². The van der Waals surface area contributed by atoms with Crippen molar-refractivity contribution in [2.45, 2.75) is 0 Å². The first kappa shape index (κ1) is 7.53. The summed E-state index contributed by atoms with van der Waals surface area (Å²) in [4.78, 5) is 20.1. The maximum Gasteiger partial charge on any atom is 0.152 e.